The molecule has 5 heteroatoms. The quantitative estimate of drug-likeness (QED) is 0.847. The van der Waals surface area contributed by atoms with E-state index < -0.39 is 0 Å². The molecule has 0 radical (unpaired) electrons. The Morgan fingerprint density at radius 1 is 1.26 bits per heavy atom. The molecule has 1 aliphatic rings. The molecule has 19 heavy (non-hydrogen) atoms. The summed E-state index contributed by atoms with van der Waals surface area (Å²) in [6.45, 7) is 0.000269. The van der Waals surface area contributed by atoms with Gasteiger partial charge in [-0.05, 0) is 37.1 Å². The fourth-order valence-electron chi connectivity index (χ4n) is 2.36. The normalized spacial score (nSPS) is 17.2. The smallest absolute Gasteiger partial charge is 0.258 e. The third-order valence-corrected chi connectivity index (χ3v) is 4.17. The standard InChI is InChI=1S/C14H17Cl2NO2/c15-10-14(7-1-2-8-14)17-13(18)9-19-12-5-3-11(16)4-6-12/h3-6H,1-2,7-10H2,(H,17,18). The molecule has 3 nitrogen and oxygen atoms in total. The number of benzene rings is 1. The Bertz CT molecular complexity index is 428. The fraction of sp³-hybridized carbons (Fsp3) is 0.500. The number of carbonyl (C=O) groups excluding carboxylic acids is 1. The number of hydrogen-bond acceptors (Lipinski definition) is 2. The summed E-state index contributed by atoms with van der Waals surface area (Å²) in [7, 11) is 0. The number of halogens is 2. The molecule has 0 heterocycles. The summed E-state index contributed by atoms with van der Waals surface area (Å²) in [5, 5.41) is 3.64. The van der Waals surface area contributed by atoms with Crippen LogP contribution in [0.1, 0.15) is 25.7 Å². The molecule has 104 valence electrons. The lowest BCUT2D eigenvalue weighted by Gasteiger charge is -2.27. The van der Waals surface area contributed by atoms with E-state index in [1.807, 2.05) is 0 Å². The van der Waals surface area contributed by atoms with E-state index in [1.54, 1.807) is 24.3 Å². The van der Waals surface area contributed by atoms with Gasteiger partial charge in [-0.3, -0.25) is 4.79 Å². The minimum absolute atomic E-state index is 0.000269. The highest BCUT2D eigenvalue weighted by Gasteiger charge is 2.34. The van der Waals surface area contributed by atoms with Crippen molar-refractivity contribution in [3.8, 4) is 5.75 Å². The molecule has 1 amide bonds. The van der Waals surface area contributed by atoms with Gasteiger partial charge in [-0.25, -0.2) is 0 Å². The van der Waals surface area contributed by atoms with E-state index in [0.29, 0.717) is 16.7 Å². The number of ether oxygens (including phenoxy) is 1. The molecule has 0 saturated heterocycles. The van der Waals surface area contributed by atoms with Crippen LogP contribution in [0.25, 0.3) is 0 Å². The van der Waals surface area contributed by atoms with Gasteiger partial charge in [0.15, 0.2) is 6.61 Å². The average molecular weight is 302 g/mol. The van der Waals surface area contributed by atoms with Gasteiger partial charge in [0.1, 0.15) is 5.75 Å². The molecule has 1 aromatic carbocycles. The van der Waals surface area contributed by atoms with Crippen LogP contribution >= 0.6 is 23.2 Å². The van der Waals surface area contributed by atoms with Gasteiger partial charge in [0.05, 0.1) is 5.54 Å². The van der Waals surface area contributed by atoms with Crippen LogP contribution in [0.3, 0.4) is 0 Å². The van der Waals surface area contributed by atoms with Gasteiger partial charge in [0, 0.05) is 10.9 Å². The summed E-state index contributed by atoms with van der Waals surface area (Å²) in [4.78, 5) is 11.9. The third-order valence-electron chi connectivity index (χ3n) is 3.40. The first-order valence-electron chi connectivity index (χ1n) is 6.39. The summed E-state index contributed by atoms with van der Waals surface area (Å²) in [6.07, 6.45) is 4.13. The maximum Gasteiger partial charge on any atom is 0.258 e. The monoisotopic (exact) mass is 301 g/mol. The molecule has 1 N–H and O–H groups in total. The summed E-state index contributed by atoms with van der Waals surface area (Å²) in [5.41, 5.74) is -0.234. The predicted molar refractivity (Wildman–Crippen MR) is 77.0 cm³/mol. The van der Waals surface area contributed by atoms with Crippen molar-refractivity contribution in [3.63, 3.8) is 0 Å². The van der Waals surface area contributed by atoms with E-state index >= 15 is 0 Å². The molecule has 1 saturated carbocycles. The van der Waals surface area contributed by atoms with E-state index in [-0.39, 0.29) is 18.1 Å². The Morgan fingerprint density at radius 3 is 2.47 bits per heavy atom. The van der Waals surface area contributed by atoms with E-state index in [1.165, 1.54) is 0 Å². The van der Waals surface area contributed by atoms with Crippen LogP contribution in [0, 0.1) is 0 Å². The fourth-order valence-corrected chi connectivity index (χ4v) is 2.82. The Balaban J connectivity index is 1.82. The van der Waals surface area contributed by atoms with E-state index in [2.05, 4.69) is 5.32 Å². The largest absolute Gasteiger partial charge is 0.484 e. The first kappa shape index (κ1) is 14.5. The highest BCUT2D eigenvalue weighted by Crippen LogP contribution is 2.30. The number of rotatable bonds is 5. The molecule has 0 spiro atoms. The molecule has 0 bridgehead atoms. The van der Waals surface area contributed by atoms with Crippen molar-refractivity contribution >= 4 is 29.1 Å². The van der Waals surface area contributed by atoms with Gasteiger partial charge in [-0.15, -0.1) is 11.6 Å². The Labute approximate surface area is 123 Å². The zero-order valence-corrected chi connectivity index (χ0v) is 12.1. The second-order valence-electron chi connectivity index (χ2n) is 4.91. The third kappa shape index (κ3) is 4.02. The van der Waals surface area contributed by atoms with Crippen molar-refractivity contribution in [3.05, 3.63) is 29.3 Å². The zero-order valence-electron chi connectivity index (χ0n) is 10.6. The van der Waals surface area contributed by atoms with Crippen molar-refractivity contribution in [2.24, 2.45) is 0 Å². The second kappa shape index (κ2) is 6.49. The van der Waals surface area contributed by atoms with Gasteiger partial charge in [-0.1, -0.05) is 24.4 Å². The molecule has 0 aliphatic heterocycles. The number of carbonyl (C=O) groups is 1. The molecular formula is C14H17Cl2NO2. The zero-order chi connectivity index (χ0) is 13.7. The summed E-state index contributed by atoms with van der Waals surface area (Å²) < 4.78 is 5.41. The van der Waals surface area contributed by atoms with Crippen LogP contribution in [0.2, 0.25) is 5.02 Å². The SMILES string of the molecule is O=C(COc1ccc(Cl)cc1)NC1(CCl)CCCC1. The minimum Gasteiger partial charge on any atom is -0.484 e. The van der Waals surface area contributed by atoms with Crippen LogP contribution < -0.4 is 10.1 Å². The first-order valence-corrected chi connectivity index (χ1v) is 7.30. The molecule has 0 unspecified atom stereocenters. The lowest BCUT2D eigenvalue weighted by atomic mass is 10.0. The highest BCUT2D eigenvalue weighted by atomic mass is 35.5. The van der Waals surface area contributed by atoms with Crippen molar-refractivity contribution < 1.29 is 9.53 Å². The van der Waals surface area contributed by atoms with Crippen LogP contribution in [0.5, 0.6) is 5.75 Å². The van der Waals surface area contributed by atoms with Crippen LogP contribution in [-0.4, -0.2) is 23.9 Å². The van der Waals surface area contributed by atoms with Crippen molar-refractivity contribution in [2.45, 2.75) is 31.2 Å². The Kier molecular flexibility index (Phi) is 4.94. The van der Waals surface area contributed by atoms with Gasteiger partial charge < -0.3 is 10.1 Å². The number of nitrogens with one attached hydrogen (secondary N) is 1. The molecule has 1 fully saturated rings. The Morgan fingerprint density at radius 2 is 1.89 bits per heavy atom. The molecule has 0 atom stereocenters. The second-order valence-corrected chi connectivity index (χ2v) is 5.62. The van der Waals surface area contributed by atoms with Crippen molar-refractivity contribution in [1.82, 2.24) is 5.32 Å². The maximum atomic E-state index is 11.9. The van der Waals surface area contributed by atoms with Gasteiger partial charge in [0.2, 0.25) is 0 Å². The average Bonchev–Trinajstić information content (AvgIpc) is 2.87. The lowest BCUT2D eigenvalue weighted by molar-refractivity contribution is -0.124. The topological polar surface area (TPSA) is 38.3 Å². The summed E-state index contributed by atoms with van der Waals surface area (Å²) >= 11 is 11.7. The van der Waals surface area contributed by atoms with Crippen LogP contribution in [0.4, 0.5) is 0 Å². The van der Waals surface area contributed by atoms with Crippen LogP contribution in [-0.2, 0) is 4.79 Å². The number of hydrogen-bond donors (Lipinski definition) is 1. The minimum atomic E-state index is -0.234. The van der Waals surface area contributed by atoms with Gasteiger partial charge >= 0.3 is 0 Å². The molecule has 1 aromatic rings. The summed E-state index contributed by atoms with van der Waals surface area (Å²) in [6, 6.07) is 6.93. The van der Waals surface area contributed by atoms with Crippen molar-refractivity contribution in [2.75, 3.05) is 12.5 Å². The predicted octanol–water partition coefficient (Wildman–Crippen LogP) is 3.39. The highest BCUT2D eigenvalue weighted by molar-refractivity contribution is 6.30. The molecular weight excluding hydrogens is 285 g/mol. The summed E-state index contributed by atoms with van der Waals surface area (Å²) in [5.74, 6) is 0.961. The van der Waals surface area contributed by atoms with E-state index in [9.17, 15) is 4.79 Å². The number of amides is 1. The molecule has 0 aromatic heterocycles. The van der Waals surface area contributed by atoms with Crippen LogP contribution in [0.15, 0.2) is 24.3 Å². The van der Waals surface area contributed by atoms with Gasteiger partial charge in [-0.2, -0.15) is 0 Å². The van der Waals surface area contributed by atoms with Crippen molar-refractivity contribution in [1.29, 1.82) is 0 Å². The van der Waals surface area contributed by atoms with E-state index in [4.69, 9.17) is 27.9 Å². The molecule has 2 rings (SSSR count). The number of alkyl halides is 1. The van der Waals surface area contributed by atoms with Gasteiger partial charge in [0.25, 0.3) is 5.91 Å². The first-order chi connectivity index (χ1) is 9.13. The lowest BCUT2D eigenvalue weighted by Crippen LogP contribution is -2.49. The Hall–Kier alpha value is -0.930. The molecule has 1 aliphatic carbocycles. The maximum absolute atomic E-state index is 11.9. The van der Waals surface area contributed by atoms with E-state index in [0.717, 1.165) is 25.7 Å².